The van der Waals surface area contributed by atoms with Gasteiger partial charge in [0.05, 0.1) is 8.95 Å². The number of oxime groups is 1. The van der Waals surface area contributed by atoms with Gasteiger partial charge in [-0.05, 0) is 62.2 Å². The number of hydrogen-bond donors (Lipinski definition) is 2. The molecule has 0 aliphatic carbocycles. The minimum Gasteiger partial charge on any atom is -0.453 e. The average Bonchev–Trinajstić information content (AvgIpc) is 2.46. The highest BCUT2D eigenvalue weighted by molar-refractivity contribution is 9.11. The average molecular weight is 483 g/mol. The molecule has 0 aromatic heterocycles. The van der Waals surface area contributed by atoms with E-state index in [4.69, 9.17) is 15.7 Å². The van der Waals surface area contributed by atoms with Crippen molar-refractivity contribution in [3.63, 3.8) is 0 Å². The normalized spacial score (nSPS) is 11.5. The Morgan fingerprint density at radius 3 is 2.43 bits per heavy atom. The summed E-state index contributed by atoms with van der Waals surface area (Å²) in [5.41, 5.74) is 5.69. The second-order valence-corrected chi connectivity index (χ2v) is 6.46. The maximum Gasteiger partial charge on any atom is 0.180 e. The SMILES string of the molecule is N/C(=N/O)c1ccc(Oc2ccc(Br)cc2Br)c(F)c1Br. The summed E-state index contributed by atoms with van der Waals surface area (Å²) < 4.78 is 21.4. The van der Waals surface area contributed by atoms with E-state index in [1.807, 2.05) is 0 Å². The van der Waals surface area contributed by atoms with Crippen LogP contribution in [0.2, 0.25) is 0 Å². The standard InChI is InChI=1S/C13H8Br3FN2O2/c14-6-1-3-9(8(15)5-6)21-10-4-2-7(13(18)19-20)11(16)12(10)17/h1-5,20H,(H2,18,19). The molecule has 0 saturated heterocycles. The van der Waals surface area contributed by atoms with E-state index < -0.39 is 5.82 Å². The van der Waals surface area contributed by atoms with Crippen LogP contribution in [0.1, 0.15) is 5.56 Å². The largest absolute Gasteiger partial charge is 0.453 e. The number of halogens is 4. The van der Waals surface area contributed by atoms with Crippen LogP contribution in [0.4, 0.5) is 4.39 Å². The summed E-state index contributed by atoms with van der Waals surface area (Å²) in [5.74, 6) is -0.369. The summed E-state index contributed by atoms with van der Waals surface area (Å²) in [6.45, 7) is 0. The van der Waals surface area contributed by atoms with E-state index in [0.717, 1.165) is 4.47 Å². The maximum atomic E-state index is 14.3. The fourth-order valence-electron chi connectivity index (χ4n) is 1.54. The lowest BCUT2D eigenvalue weighted by Gasteiger charge is -2.11. The van der Waals surface area contributed by atoms with Gasteiger partial charge in [-0.2, -0.15) is 0 Å². The number of rotatable bonds is 3. The highest BCUT2D eigenvalue weighted by Crippen LogP contribution is 2.35. The third kappa shape index (κ3) is 3.56. The molecule has 4 nitrogen and oxygen atoms in total. The first kappa shape index (κ1) is 16.3. The lowest BCUT2D eigenvalue weighted by molar-refractivity contribution is 0.318. The van der Waals surface area contributed by atoms with Crippen molar-refractivity contribution in [2.24, 2.45) is 10.9 Å². The first-order valence-corrected chi connectivity index (χ1v) is 7.90. The number of hydrogen-bond acceptors (Lipinski definition) is 3. The molecule has 0 aliphatic rings. The Morgan fingerprint density at radius 1 is 1.14 bits per heavy atom. The van der Waals surface area contributed by atoms with Crippen LogP contribution in [0.3, 0.4) is 0 Å². The minimum atomic E-state index is -0.645. The Kier molecular flexibility index (Phi) is 5.23. The molecule has 0 bridgehead atoms. The van der Waals surface area contributed by atoms with Crippen LogP contribution in [-0.4, -0.2) is 11.0 Å². The first-order chi connectivity index (χ1) is 9.93. The quantitative estimate of drug-likeness (QED) is 0.280. The zero-order valence-corrected chi connectivity index (χ0v) is 15.0. The Balaban J connectivity index is 2.40. The van der Waals surface area contributed by atoms with E-state index >= 15 is 0 Å². The Hall–Kier alpha value is -1.12. The Labute approximate surface area is 145 Å². The summed E-state index contributed by atoms with van der Waals surface area (Å²) >= 11 is 9.73. The molecule has 0 atom stereocenters. The molecule has 21 heavy (non-hydrogen) atoms. The van der Waals surface area contributed by atoms with Crippen LogP contribution < -0.4 is 10.5 Å². The van der Waals surface area contributed by atoms with Gasteiger partial charge in [-0.1, -0.05) is 21.1 Å². The topological polar surface area (TPSA) is 67.8 Å². The molecule has 2 rings (SSSR count). The van der Waals surface area contributed by atoms with Crippen molar-refractivity contribution in [3.8, 4) is 11.5 Å². The summed E-state index contributed by atoms with van der Waals surface area (Å²) in [6.07, 6.45) is 0. The zero-order valence-electron chi connectivity index (χ0n) is 10.3. The molecule has 0 radical (unpaired) electrons. The van der Waals surface area contributed by atoms with Gasteiger partial charge in [-0.25, -0.2) is 4.39 Å². The van der Waals surface area contributed by atoms with E-state index in [2.05, 4.69) is 52.9 Å². The van der Waals surface area contributed by atoms with Gasteiger partial charge in [0.25, 0.3) is 0 Å². The van der Waals surface area contributed by atoms with Crippen molar-refractivity contribution in [2.45, 2.75) is 0 Å². The molecule has 0 spiro atoms. The monoisotopic (exact) mass is 480 g/mol. The first-order valence-electron chi connectivity index (χ1n) is 5.53. The van der Waals surface area contributed by atoms with E-state index in [1.54, 1.807) is 18.2 Å². The van der Waals surface area contributed by atoms with Gasteiger partial charge in [-0.3, -0.25) is 0 Å². The number of nitrogens with two attached hydrogens (primary N) is 1. The molecule has 2 aromatic rings. The molecule has 0 unspecified atom stereocenters. The Morgan fingerprint density at radius 2 is 1.81 bits per heavy atom. The molecule has 0 fully saturated rings. The van der Waals surface area contributed by atoms with Gasteiger partial charge in [0.1, 0.15) is 5.75 Å². The molecular weight excluding hydrogens is 475 g/mol. The van der Waals surface area contributed by atoms with E-state index in [-0.39, 0.29) is 21.6 Å². The molecule has 0 heterocycles. The van der Waals surface area contributed by atoms with Gasteiger partial charge in [0.2, 0.25) is 0 Å². The lowest BCUT2D eigenvalue weighted by Crippen LogP contribution is -2.14. The second kappa shape index (κ2) is 6.76. The third-order valence-corrected chi connectivity index (χ3v) is 4.43. The van der Waals surface area contributed by atoms with Gasteiger partial charge in [-0.15, -0.1) is 0 Å². The van der Waals surface area contributed by atoms with Crippen molar-refractivity contribution in [3.05, 3.63) is 55.1 Å². The fourth-order valence-corrected chi connectivity index (χ4v) is 3.20. The van der Waals surface area contributed by atoms with Crippen LogP contribution in [0, 0.1) is 5.82 Å². The molecular formula is C13H8Br3FN2O2. The van der Waals surface area contributed by atoms with Gasteiger partial charge >= 0.3 is 0 Å². The van der Waals surface area contributed by atoms with Gasteiger partial charge in [0, 0.05) is 10.0 Å². The highest BCUT2D eigenvalue weighted by atomic mass is 79.9. The summed E-state index contributed by atoms with van der Waals surface area (Å²) in [6, 6.07) is 8.15. The zero-order chi connectivity index (χ0) is 15.6. The molecule has 0 amide bonds. The molecule has 0 saturated carbocycles. The predicted octanol–water partition coefficient (Wildman–Crippen LogP) is 5.00. The van der Waals surface area contributed by atoms with Crippen LogP contribution in [0.25, 0.3) is 0 Å². The smallest absolute Gasteiger partial charge is 0.180 e. The number of amidine groups is 1. The fraction of sp³-hybridized carbons (Fsp3) is 0. The predicted molar refractivity (Wildman–Crippen MR) is 88.5 cm³/mol. The third-order valence-electron chi connectivity index (χ3n) is 2.54. The molecule has 3 N–H and O–H groups in total. The van der Waals surface area contributed by atoms with Crippen molar-refractivity contribution in [2.75, 3.05) is 0 Å². The van der Waals surface area contributed by atoms with E-state index in [9.17, 15) is 4.39 Å². The van der Waals surface area contributed by atoms with Crippen molar-refractivity contribution >= 4 is 53.6 Å². The van der Waals surface area contributed by atoms with Crippen molar-refractivity contribution < 1.29 is 14.3 Å². The van der Waals surface area contributed by atoms with E-state index in [0.29, 0.717) is 10.2 Å². The minimum absolute atomic E-state index is 0.0133. The number of nitrogens with zero attached hydrogens (tertiary/aromatic N) is 1. The number of benzene rings is 2. The van der Waals surface area contributed by atoms with Crippen LogP contribution in [0.5, 0.6) is 11.5 Å². The van der Waals surface area contributed by atoms with E-state index in [1.165, 1.54) is 12.1 Å². The summed E-state index contributed by atoms with van der Waals surface area (Å²) in [4.78, 5) is 0. The van der Waals surface area contributed by atoms with Crippen molar-refractivity contribution in [1.29, 1.82) is 0 Å². The van der Waals surface area contributed by atoms with Crippen LogP contribution in [0.15, 0.2) is 48.9 Å². The summed E-state index contributed by atoms with van der Waals surface area (Å²) in [5, 5.41) is 11.5. The lowest BCUT2D eigenvalue weighted by atomic mass is 10.2. The highest BCUT2D eigenvalue weighted by Gasteiger charge is 2.16. The molecule has 0 aliphatic heterocycles. The van der Waals surface area contributed by atoms with Gasteiger partial charge in [0.15, 0.2) is 17.4 Å². The maximum absolute atomic E-state index is 14.3. The Bertz CT molecular complexity index is 723. The molecule has 110 valence electrons. The van der Waals surface area contributed by atoms with Crippen LogP contribution >= 0.6 is 47.8 Å². The molecule has 2 aromatic carbocycles. The van der Waals surface area contributed by atoms with Crippen molar-refractivity contribution in [1.82, 2.24) is 0 Å². The summed E-state index contributed by atoms with van der Waals surface area (Å²) in [7, 11) is 0. The molecule has 8 heteroatoms. The van der Waals surface area contributed by atoms with Gasteiger partial charge < -0.3 is 15.7 Å². The second-order valence-electron chi connectivity index (χ2n) is 3.90. The number of ether oxygens (including phenoxy) is 1. The van der Waals surface area contributed by atoms with Crippen LogP contribution in [-0.2, 0) is 0 Å².